The maximum absolute atomic E-state index is 6.17. The van der Waals surface area contributed by atoms with Gasteiger partial charge >= 0.3 is 0 Å². The molecule has 3 heteroatoms. The van der Waals surface area contributed by atoms with E-state index >= 15 is 0 Å². The molecule has 0 amide bonds. The van der Waals surface area contributed by atoms with E-state index < -0.39 is 0 Å². The highest BCUT2D eigenvalue weighted by atomic mass is 16.5. The number of nitrogen functional groups attached to an aromatic ring is 1. The topological polar surface area (TPSA) is 44.5 Å². The van der Waals surface area contributed by atoms with Gasteiger partial charge in [-0.15, -0.1) is 0 Å². The van der Waals surface area contributed by atoms with Crippen molar-refractivity contribution in [2.75, 3.05) is 20.0 Å². The van der Waals surface area contributed by atoms with Crippen molar-refractivity contribution >= 4 is 5.69 Å². The number of hydrogen-bond donors (Lipinski definition) is 1. The van der Waals surface area contributed by atoms with Crippen LogP contribution in [0.25, 0.3) is 11.1 Å². The molecule has 0 aliphatic carbocycles. The summed E-state index contributed by atoms with van der Waals surface area (Å²) in [5.74, 6) is 1.28. The lowest BCUT2D eigenvalue weighted by atomic mass is 10.00. The summed E-state index contributed by atoms with van der Waals surface area (Å²) < 4.78 is 10.7. The first-order valence-electron chi connectivity index (χ1n) is 5.75. The molecule has 2 N–H and O–H groups in total. The molecule has 0 fully saturated rings. The van der Waals surface area contributed by atoms with Crippen molar-refractivity contribution in [2.24, 2.45) is 0 Å². The summed E-state index contributed by atoms with van der Waals surface area (Å²) in [5.41, 5.74) is 9.80. The van der Waals surface area contributed by atoms with Gasteiger partial charge in [-0.2, -0.15) is 0 Å². The third-order valence-electron chi connectivity index (χ3n) is 2.95. The molecule has 0 unspecified atom stereocenters. The zero-order chi connectivity index (χ0) is 13.1. The summed E-state index contributed by atoms with van der Waals surface area (Å²) in [6.07, 6.45) is 0. The second kappa shape index (κ2) is 5.00. The molecule has 0 aromatic heterocycles. The number of aryl methyl sites for hydroxylation is 1. The lowest BCUT2D eigenvalue weighted by Gasteiger charge is -2.16. The van der Waals surface area contributed by atoms with E-state index in [0.29, 0.717) is 17.2 Å². The standard InChI is InChI=1S/C15H17NO2/c1-10-9-12(11-7-5-4-6-8-11)13(16)15(18-3)14(10)17-2/h4-9H,16H2,1-3H3. The Morgan fingerprint density at radius 1 is 0.944 bits per heavy atom. The summed E-state index contributed by atoms with van der Waals surface area (Å²) in [7, 11) is 3.22. The molecule has 0 bridgehead atoms. The summed E-state index contributed by atoms with van der Waals surface area (Å²) >= 11 is 0. The maximum Gasteiger partial charge on any atom is 0.184 e. The molecular weight excluding hydrogens is 226 g/mol. The number of methoxy groups -OCH3 is 2. The molecular formula is C15H17NO2. The van der Waals surface area contributed by atoms with Crippen LogP contribution < -0.4 is 15.2 Å². The molecule has 0 spiro atoms. The molecule has 2 aromatic carbocycles. The Kier molecular flexibility index (Phi) is 3.42. The minimum atomic E-state index is 0.594. The van der Waals surface area contributed by atoms with Crippen LogP contribution in [0.2, 0.25) is 0 Å². The van der Waals surface area contributed by atoms with E-state index in [4.69, 9.17) is 15.2 Å². The van der Waals surface area contributed by atoms with E-state index in [9.17, 15) is 0 Å². The Bertz CT molecular complexity index is 550. The Hall–Kier alpha value is -2.16. The lowest BCUT2D eigenvalue weighted by molar-refractivity contribution is 0.354. The Morgan fingerprint density at radius 3 is 2.11 bits per heavy atom. The van der Waals surface area contributed by atoms with Gasteiger partial charge in [-0.1, -0.05) is 30.3 Å². The average Bonchev–Trinajstić information content (AvgIpc) is 2.41. The monoisotopic (exact) mass is 243 g/mol. The van der Waals surface area contributed by atoms with Crippen LogP contribution in [0.3, 0.4) is 0 Å². The van der Waals surface area contributed by atoms with E-state index in [0.717, 1.165) is 16.7 Å². The highest BCUT2D eigenvalue weighted by molar-refractivity contribution is 5.84. The highest BCUT2D eigenvalue weighted by Crippen LogP contribution is 2.42. The maximum atomic E-state index is 6.17. The van der Waals surface area contributed by atoms with Gasteiger partial charge in [0.15, 0.2) is 11.5 Å². The predicted octanol–water partition coefficient (Wildman–Crippen LogP) is 3.26. The summed E-state index contributed by atoms with van der Waals surface area (Å²) in [5, 5.41) is 0. The fraction of sp³-hybridized carbons (Fsp3) is 0.200. The zero-order valence-corrected chi connectivity index (χ0v) is 10.9. The van der Waals surface area contributed by atoms with Gasteiger partial charge < -0.3 is 15.2 Å². The number of ether oxygens (including phenoxy) is 2. The number of rotatable bonds is 3. The van der Waals surface area contributed by atoms with Crippen LogP contribution in [0.5, 0.6) is 11.5 Å². The zero-order valence-electron chi connectivity index (χ0n) is 10.9. The van der Waals surface area contributed by atoms with Gasteiger partial charge in [-0.05, 0) is 24.1 Å². The molecule has 0 atom stereocenters. The third-order valence-corrected chi connectivity index (χ3v) is 2.95. The van der Waals surface area contributed by atoms with Crippen LogP contribution in [0.4, 0.5) is 5.69 Å². The van der Waals surface area contributed by atoms with Gasteiger partial charge in [0, 0.05) is 5.56 Å². The average molecular weight is 243 g/mol. The van der Waals surface area contributed by atoms with E-state index in [2.05, 4.69) is 0 Å². The molecule has 0 radical (unpaired) electrons. The van der Waals surface area contributed by atoms with Crippen molar-refractivity contribution in [1.29, 1.82) is 0 Å². The molecule has 0 saturated heterocycles. The van der Waals surface area contributed by atoms with Crippen molar-refractivity contribution in [3.05, 3.63) is 42.0 Å². The van der Waals surface area contributed by atoms with Gasteiger partial charge in [0.25, 0.3) is 0 Å². The van der Waals surface area contributed by atoms with Crippen molar-refractivity contribution in [2.45, 2.75) is 6.92 Å². The first-order chi connectivity index (χ1) is 8.69. The number of nitrogens with two attached hydrogens (primary N) is 1. The Labute approximate surface area is 107 Å². The van der Waals surface area contributed by atoms with Crippen molar-refractivity contribution in [3.8, 4) is 22.6 Å². The van der Waals surface area contributed by atoms with Gasteiger partial charge in [0.05, 0.1) is 19.9 Å². The fourth-order valence-corrected chi connectivity index (χ4v) is 2.10. The molecule has 0 saturated carbocycles. The number of hydrogen-bond acceptors (Lipinski definition) is 3. The van der Waals surface area contributed by atoms with Crippen LogP contribution in [-0.2, 0) is 0 Å². The SMILES string of the molecule is COc1c(C)cc(-c2ccccc2)c(N)c1OC. The Balaban J connectivity index is 2.67. The quantitative estimate of drug-likeness (QED) is 0.841. The number of benzene rings is 2. The number of anilines is 1. The van der Waals surface area contributed by atoms with Gasteiger partial charge in [0.1, 0.15) is 0 Å². The second-order valence-electron chi connectivity index (χ2n) is 4.09. The van der Waals surface area contributed by atoms with Crippen LogP contribution >= 0.6 is 0 Å². The molecule has 2 aromatic rings. The van der Waals surface area contributed by atoms with Crippen LogP contribution in [0.15, 0.2) is 36.4 Å². The Morgan fingerprint density at radius 2 is 1.56 bits per heavy atom. The van der Waals surface area contributed by atoms with Crippen LogP contribution in [-0.4, -0.2) is 14.2 Å². The van der Waals surface area contributed by atoms with Gasteiger partial charge in [0.2, 0.25) is 0 Å². The van der Waals surface area contributed by atoms with E-state index in [1.54, 1.807) is 14.2 Å². The van der Waals surface area contributed by atoms with E-state index in [1.165, 1.54) is 0 Å². The van der Waals surface area contributed by atoms with Crippen LogP contribution in [0.1, 0.15) is 5.56 Å². The third kappa shape index (κ3) is 1.99. The molecule has 0 aliphatic rings. The van der Waals surface area contributed by atoms with E-state index in [-0.39, 0.29) is 0 Å². The van der Waals surface area contributed by atoms with Gasteiger partial charge in [-0.25, -0.2) is 0 Å². The first-order valence-corrected chi connectivity index (χ1v) is 5.75. The largest absolute Gasteiger partial charge is 0.493 e. The first kappa shape index (κ1) is 12.3. The molecule has 18 heavy (non-hydrogen) atoms. The van der Waals surface area contributed by atoms with Crippen LogP contribution in [0, 0.1) is 6.92 Å². The molecule has 0 heterocycles. The van der Waals surface area contributed by atoms with Gasteiger partial charge in [-0.3, -0.25) is 0 Å². The minimum Gasteiger partial charge on any atom is -0.493 e. The fourth-order valence-electron chi connectivity index (χ4n) is 2.10. The summed E-state index contributed by atoms with van der Waals surface area (Å²) in [6, 6.07) is 12.0. The minimum absolute atomic E-state index is 0.594. The lowest BCUT2D eigenvalue weighted by Crippen LogP contribution is -2.00. The molecule has 2 rings (SSSR count). The molecule has 3 nitrogen and oxygen atoms in total. The summed E-state index contributed by atoms with van der Waals surface area (Å²) in [6.45, 7) is 1.98. The van der Waals surface area contributed by atoms with E-state index in [1.807, 2.05) is 43.3 Å². The normalized spacial score (nSPS) is 10.2. The highest BCUT2D eigenvalue weighted by Gasteiger charge is 2.16. The summed E-state index contributed by atoms with van der Waals surface area (Å²) in [4.78, 5) is 0. The molecule has 94 valence electrons. The van der Waals surface area contributed by atoms with Crippen molar-refractivity contribution in [1.82, 2.24) is 0 Å². The van der Waals surface area contributed by atoms with Crippen molar-refractivity contribution < 1.29 is 9.47 Å². The predicted molar refractivity (Wildman–Crippen MR) is 74.1 cm³/mol. The smallest absolute Gasteiger partial charge is 0.184 e. The molecule has 0 aliphatic heterocycles. The van der Waals surface area contributed by atoms with Crippen molar-refractivity contribution in [3.63, 3.8) is 0 Å². The second-order valence-corrected chi connectivity index (χ2v) is 4.09.